The van der Waals surface area contributed by atoms with Crippen molar-refractivity contribution < 1.29 is 19.1 Å². The van der Waals surface area contributed by atoms with Gasteiger partial charge in [0.05, 0.1) is 0 Å². The number of rotatable bonds is 5. The summed E-state index contributed by atoms with van der Waals surface area (Å²) in [6.07, 6.45) is 6.27. The smallest absolute Gasteiger partial charge is 0.244 e. The predicted octanol–water partition coefficient (Wildman–Crippen LogP) is 2.27. The van der Waals surface area contributed by atoms with Gasteiger partial charge in [-0.1, -0.05) is 6.07 Å². The quantitative estimate of drug-likeness (QED) is 0.822. The summed E-state index contributed by atoms with van der Waals surface area (Å²) < 4.78 is 10.6. The highest BCUT2D eigenvalue weighted by Crippen LogP contribution is 2.32. The maximum atomic E-state index is 12.1. The molecule has 27 heavy (non-hydrogen) atoms. The average molecular weight is 365 g/mol. The predicted molar refractivity (Wildman–Crippen MR) is 99.3 cm³/mol. The van der Waals surface area contributed by atoms with Crippen molar-refractivity contribution >= 4 is 23.7 Å². The van der Waals surface area contributed by atoms with E-state index >= 15 is 0 Å². The van der Waals surface area contributed by atoms with Crippen LogP contribution in [0.4, 0.5) is 5.82 Å². The molecule has 138 valence electrons. The summed E-state index contributed by atoms with van der Waals surface area (Å²) in [4.78, 5) is 29.9. The first kappa shape index (κ1) is 17.1. The number of carbonyl (C=O) groups is 2. The third-order valence-corrected chi connectivity index (χ3v) is 4.45. The summed E-state index contributed by atoms with van der Waals surface area (Å²) in [5.41, 5.74) is 1.75. The molecule has 1 N–H and O–H groups in total. The van der Waals surface area contributed by atoms with E-state index in [4.69, 9.17) is 9.47 Å². The van der Waals surface area contributed by atoms with E-state index in [0.717, 1.165) is 17.5 Å². The lowest BCUT2D eigenvalue weighted by atomic mass is 10.2. The van der Waals surface area contributed by atoms with Crippen molar-refractivity contribution in [2.45, 2.75) is 19.4 Å². The van der Waals surface area contributed by atoms with Crippen LogP contribution < -0.4 is 19.7 Å². The fourth-order valence-electron chi connectivity index (χ4n) is 3.05. The average Bonchev–Trinajstić information content (AvgIpc) is 3.33. The molecule has 0 spiro atoms. The Hall–Kier alpha value is -3.35. The molecule has 0 radical (unpaired) electrons. The molecule has 2 aliphatic heterocycles. The third kappa shape index (κ3) is 3.92. The first-order valence-corrected chi connectivity index (χ1v) is 8.80. The number of pyridine rings is 1. The molecule has 2 aliphatic rings. The molecule has 0 aliphatic carbocycles. The van der Waals surface area contributed by atoms with Crippen molar-refractivity contribution in [2.75, 3.05) is 18.2 Å². The molecule has 0 unspecified atom stereocenters. The van der Waals surface area contributed by atoms with E-state index in [-0.39, 0.29) is 18.6 Å². The van der Waals surface area contributed by atoms with Crippen LogP contribution in [-0.2, 0) is 16.1 Å². The minimum absolute atomic E-state index is 0.0929. The lowest BCUT2D eigenvalue weighted by molar-refractivity contribution is -0.117. The van der Waals surface area contributed by atoms with Crippen LogP contribution in [-0.4, -0.2) is 30.1 Å². The molecular weight excluding hydrogens is 346 g/mol. The first-order valence-electron chi connectivity index (χ1n) is 8.80. The third-order valence-electron chi connectivity index (χ3n) is 4.45. The van der Waals surface area contributed by atoms with Crippen LogP contribution >= 0.6 is 0 Å². The molecule has 1 fully saturated rings. The van der Waals surface area contributed by atoms with Gasteiger partial charge in [-0.15, -0.1) is 0 Å². The second-order valence-corrected chi connectivity index (χ2v) is 6.34. The number of fused-ring (bicyclic) bond motifs is 1. The SMILES string of the molecule is O=C(/C=C/c1ccc2c(c1)OCO2)NCc1ccnc(N2CCCC2=O)c1. The Morgan fingerprint density at radius 2 is 2.11 bits per heavy atom. The Bertz CT molecular complexity index is 910. The lowest BCUT2D eigenvalue weighted by Gasteiger charge is -2.15. The van der Waals surface area contributed by atoms with Gasteiger partial charge in [-0.3, -0.25) is 14.5 Å². The monoisotopic (exact) mass is 365 g/mol. The summed E-state index contributed by atoms with van der Waals surface area (Å²) >= 11 is 0. The van der Waals surface area contributed by atoms with E-state index in [0.29, 0.717) is 36.8 Å². The van der Waals surface area contributed by atoms with E-state index in [1.54, 1.807) is 17.2 Å². The summed E-state index contributed by atoms with van der Waals surface area (Å²) in [7, 11) is 0. The highest BCUT2D eigenvalue weighted by atomic mass is 16.7. The fraction of sp³-hybridized carbons (Fsp3) is 0.250. The lowest BCUT2D eigenvalue weighted by Crippen LogP contribution is -2.25. The zero-order valence-corrected chi connectivity index (χ0v) is 14.7. The van der Waals surface area contributed by atoms with Crippen molar-refractivity contribution in [3.8, 4) is 11.5 Å². The molecule has 2 aromatic rings. The van der Waals surface area contributed by atoms with Gasteiger partial charge in [-0.05, 0) is 47.9 Å². The molecule has 7 nitrogen and oxygen atoms in total. The molecule has 1 saturated heterocycles. The standard InChI is InChI=1S/C20H19N3O4/c24-19(6-4-14-3-5-16-17(10-14)27-13-26-16)22-12-15-7-8-21-18(11-15)23-9-1-2-20(23)25/h3-8,10-11H,1-2,9,12-13H2,(H,22,24)/b6-4+. The molecule has 2 amide bonds. The first-order chi connectivity index (χ1) is 13.2. The number of hydrogen-bond acceptors (Lipinski definition) is 5. The Morgan fingerprint density at radius 3 is 2.96 bits per heavy atom. The van der Waals surface area contributed by atoms with E-state index < -0.39 is 0 Å². The van der Waals surface area contributed by atoms with Crippen molar-refractivity contribution in [1.82, 2.24) is 10.3 Å². The number of hydrogen-bond donors (Lipinski definition) is 1. The second-order valence-electron chi connectivity index (χ2n) is 6.34. The largest absolute Gasteiger partial charge is 0.454 e. The number of aromatic nitrogens is 1. The minimum atomic E-state index is -0.205. The number of nitrogens with zero attached hydrogens (tertiary/aromatic N) is 2. The zero-order valence-electron chi connectivity index (χ0n) is 14.7. The number of nitrogens with one attached hydrogen (secondary N) is 1. The van der Waals surface area contributed by atoms with Gasteiger partial charge in [-0.2, -0.15) is 0 Å². The maximum Gasteiger partial charge on any atom is 0.244 e. The highest BCUT2D eigenvalue weighted by molar-refractivity contribution is 5.94. The zero-order chi connectivity index (χ0) is 18.6. The Labute approximate surface area is 156 Å². The van der Waals surface area contributed by atoms with Crippen LogP contribution in [0.25, 0.3) is 6.08 Å². The molecule has 1 aromatic heterocycles. The molecule has 4 rings (SSSR count). The molecule has 3 heterocycles. The second kappa shape index (κ2) is 7.49. The molecule has 0 saturated carbocycles. The summed E-state index contributed by atoms with van der Waals surface area (Å²) in [6, 6.07) is 9.17. The minimum Gasteiger partial charge on any atom is -0.454 e. The van der Waals surface area contributed by atoms with Crippen molar-refractivity contribution in [1.29, 1.82) is 0 Å². The van der Waals surface area contributed by atoms with E-state index in [1.807, 2.05) is 30.3 Å². The van der Waals surface area contributed by atoms with Gasteiger partial charge in [0.2, 0.25) is 18.6 Å². The molecule has 7 heteroatoms. The summed E-state index contributed by atoms with van der Waals surface area (Å²) in [6.45, 7) is 1.28. The van der Waals surface area contributed by atoms with Gasteiger partial charge in [0, 0.05) is 31.8 Å². The van der Waals surface area contributed by atoms with Gasteiger partial charge >= 0.3 is 0 Å². The number of anilines is 1. The molecule has 1 aromatic carbocycles. The van der Waals surface area contributed by atoms with E-state index in [2.05, 4.69) is 10.3 Å². The number of benzene rings is 1. The van der Waals surface area contributed by atoms with Gasteiger partial charge < -0.3 is 14.8 Å². The molecule has 0 atom stereocenters. The molecular formula is C20H19N3O4. The summed E-state index contributed by atoms with van der Waals surface area (Å²) in [5, 5.41) is 2.84. The van der Waals surface area contributed by atoms with Crippen LogP contribution in [0.1, 0.15) is 24.0 Å². The van der Waals surface area contributed by atoms with Gasteiger partial charge in [0.25, 0.3) is 0 Å². The van der Waals surface area contributed by atoms with Gasteiger partial charge in [0.1, 0.15) is 5.82 Å². The number of ether oxygens (including phenoxy) is 2. The van der Waals surface area contributed by atoms with Crippen LogP contribution in [0.15, 0.2) is 42.6 Å². The maximum absolute atomic E-state index is 12.1. The van der Waals surface area contributed by atoms with Gasteiger partial charge in [-0.25, -0.2) is 4.98 Å². The Kier molecular flexibility index (Phi) is 4.74. The highest BCUT2D eigenvalue weighted by Gasteiger charge is 2.22. The fourth-order valence-corrected chi connectivity index (χ4v) is 3.05. The van der Waals surface area contributed by atoms with E-state index in [9.17, 15) is 9.59 Å². The van der Waals surface area contributed by atoms with Crippen molar-refractivity contribution in [3.05, 3.63) is 53.7 Å². The van der Waals surface area contributed by atoms with Crippen LogP contribution in [0, 0.1) is 0 Å². The normalized spacial score (nSPS) is 15.6. The van der Waals surface area contributed by atoms with Crippen molar-refractivity contribution in [3.63, 3.8) is 0 Å². The van der Waals surface area contributed by atoms with Crippen LogP contribution in [0.3, 0.4) is 0 Å². The topological polar surface area (TPSA) is 80.8 Å². The Balaban J connectivity index is 1.34. The Morgan fingerprint density at radius 1 is 1.22 bits per heavy atom. The molecule has 0 bridgehead atoms. The number of amides is 2. The van der Waals surface area contributed by atoms with Gasteiger partial charge in [0.15, 0.2) is 11.5 Å². The van der Waals surface area contributed by atoms with Crippen LogP contribution in [0.2, 0.25) is 0 Å². The van der Waals surface area contributed by atoms with Crippen molar-refractivity contribution in [2.24, 2.45) is 0 Å². The van der Waals surface area contributed by atoms with E-state index in [1.165, 1.54) is 6.08 Å². The summed E-state index contributed by atoms with van der Waals surface area (Å²) in [5.74, 6) is 1.92. The van der Waals surface area contributed by atoms with Crippen LogP contribution in [0.5, 0.6) is 11.5 Å². The number of carbonyl (C=O) groups excluding carboxylic acids is 2.